The lowest BCUT2D eigenvalue weighted by Crippen LogP contribution is -2.42. The molecule has 0 aliphatic carbocycles. The maximum absolute atomic E-state index is 6.12. The van der Waals surface area contributed by atoms with Gasteiger partial charge in [0.05, 0.1) is 12.3 Å². The first-order valence-electron chi connectivity index (χ1n) is 6.45. The molecule has 0 saturated heterocycles. The van der Waals surface area contributed by atoms with E-state index in [1.165, 1.54) is 0 Å². The zero-order chi connectivity index (χ0) is 13.6. The molecular formula is C13H24ClN3O. The summed E-state index contributed by atoms with van der Waals surface area (Å²) in [4.78, 5) is 7.62. The molecule has 0 aliphatic rings. The van der Waals surface area contributed by atoms with Crippen molar-refractivity contribution in [3.63, 3.8) is 0 Å². The normalized spacial score (nSPS) is 12.1. The Morgan fingerprint density at radius 2 is 2.17 bits per heavy atom. The van der Waals surface area contributed by atoms with Crippen LogP contribution in [0.5, 0.6) is 0 Å². The van der Waals surface area contributed by atoms with E-state index >= 15 is 0 Å². The SMILES string of the molecule is CCCCc1nc(Cl)c(CNC(C)(C)COC)[nH]1. The summed E-state index contributed by atoms with van der Waals surface area (Å²) < 4.78 is 5.16. The van der Waals surface area contributed by atoms with Gasteiger partial charge in [-0.1, -0.05) is 24.9 Å². The third-order valence-corrected chi connectivity index (χ3v) is 3.11. The van der Waals surface area contributed by atoms with Crippen LogP contribution >= 0.6 is 11.6 Å². The van der Waals surface area contributed by atoms with Gasteiger partial charge in [0, 0.05) is 25.6 Å². The third-order valence-electron chi connectivity index (χ3n) is 2.79. The molecule has 0 aliphatic heterocycles. The van der Waals surface area contributed by atoms with E-state index in [0.29, 0.717) is 18.3 Å². The number of ether oxygens (including phenoxy) is 1. The maximum Gasteiger partial charge on any atom is 0.151 e. The average molecular weight is 274 g/mol. The van der Waals surface area contributed by atoms with Crippen molar-refractivity contribution in [3.8, 4) is 0 Å². The van der Waals surface area contributed by atoms with Crippen LogP contribution in [0.4, 0.5) is 0 Å². The van der Waals surface area contributed by atoms with Gasteiger partial charge in [-0.2, -0.15) is 0 Å². The number of hydrogen-bond donors (Lipinski definition) is 2. The lowest BCUT2D eigenvalue weighted by Gasteiger charge is -2.25. The van der Waals surface area contributed by atoms with Crippen LogP contribution in [-0.4, -0.2) is 29.2 Å². The summed E-state index contributed by atoms with van der Waals surface area (Å²) in [6, 6.07) is 0. The minimum absolute atomic E-state index is 0.0766. The lowest BCUT2D eigenvalue weighted by molar-refractivity contribution is 0.127. The summed E-state index contributed by atoms with van der Waals surface area (Å²) in [5, 5.41) is 3.98. The summed E-state index contributed by atoms with van der Waals surface area (Å²) >= 11 is 6.12. The van der Waals surface area contributed by atoms with Crippen LogP contribution in [0.2, 0.25) is 5.15 Å². The van der Waals surface area contributed by atoms with Gasteiger partial charge in [-0.3, -0.25) is 0 Å². The van der Waals surface area contributed by atoms with Crippen molar-refractivity contribution in [2.75, 3.05) is 13.7 Å². The molecule has 0 aromatic carbocycles. The van der Waals surface area contributed by atoms with Gasteiger partial charge in [0.1, 0.15) is 5.82 Å². The average Bonchev–Trinajstić information content (AvgIpc) is 2.65. The molecule has 0 bridgehead atoms. The molecule has 18 heavy (non-hydrogen) atoms. The summed E-state index contributed by atoms with van der Waals surface area (Å²) in [5.41, 5.74) is 0.874. The Balaban J connectivity index is 2.54. The molecule has 1 rings (SSSR count). The second-order valence-corrected chi connectivity index (χ2v) is 5.58. The summed E-state index contributed by atoms with van der Waals surface area (Å²) in [6.07, 6.45) is 3.25. The topological polar surface area (TPSA) is 49.9 Å². The predicted molar refractivity (Wildman–Crippen MR) is 75.0 cm³/mol. The Morgan fingerprint density at radius 1 is 1.44 bits per heavy atom. The summed E-state index contributed by atoms with van der Waals surface area (Å²) in [5.74, 6) is 0.975. The van der Waals surface area contributed by atoms with E-state index in [0.717, 1.165) is 30.8 Å². The van der Waals surface area contributed by atoms with Crippen molar-refractivity contribution in [2.24, 2.45) is 0 Å². The number of unbranched alkanes of at least 4 members (excludes halogenated alkanes) is 1. The van der Waals surface area contributed by atoms with Crippen molar-refractivity contribution < 1.29 is 4.74 Å². The number of H-pyrrole nitrogens is 1. The molecule has 2 N–H and O–H groups in total. The molecule has 0 amide bonds. The van der Waals surface area contributed by atoms with E-state index in [-0.39, 0.29) is 5.54 Å². The molecule has 0 spiro atoms. The Morgan fingerprint density at radius 3 is 2.78 bits per heavy atom. The molecule has 0 fully saturated rings. The molecular weight excluding hydrogens is 250 g/mol. The van der Waals surface area contributed by atoms with Crippen LogP contribution in [-0.2, 0) is 17.7 Å². The fourth-order valence-electron chi connectivity index (χ4n) is 1.76. The molecule has 4 nitrogen and oxygen atoms in total. The fourth-order valence-corrected chi connectivity index (χ4v) is 1.98. The first-order valence-corrected chi connectivity index (χ1v) is 6.83. The molecule has 0 unspecified atom stereocenters. The second-order valence-electron chi connectivity index (χ2n) is 5.23. The molecule has 104 valence electrons. The van der Waals surface area contributed by atoms with Gasteiger partial charge in [-0.15, -0.1) is 0 Å². The van der Waals surface area contributed by atoms with Gasteiger partial charge in [0.2, 0.25) is 0 Å². The summed E-state index contributed by atoms with van der Waals surface area (Å²) in [6.45, 7) is 7.69. The molecule has 1 aromatic heterocycles. The quantitative estimate of drug-likeness (QED) is 0.766. The zero-order valence-corrected chi connectivity index (χ0v) is 12.5. The van der Waals surface area contributed by atoms with Gasteiger partial charge >= 0.3 is 0 Å². The monoisotopic (exact) mass is 273 g/mol. The highest BCUT2D eigenvalue weighted by Crippen LogP contribution is 2.15. The number of nitrogens with zero attached hydrogens (tertiary/aromatic N) is 1. The van der Waals surface area contributed by atoms with E-state index in [2.05, 4.69) is 36.1 Å². The minimum Gasteiger partial charge on any atom is -0.383 e. The maximum atomic E-state index is 6.12. The van der Waals surface area contributed by atoms with Crippen LogP contribution < -0.4 is 5.32 Å². The summed E-state index contributed by atoms with van der Waals surface area (Å²) in [7, 11) is 1.70. The Kier molecular flexibility index (Phi) is 6.12. The van der Waals surface area contributed by atoms with E-state index in [1.807, 2.05) is 0 Å². The highest BCUT2D eigenvalue weighted by molar-refractivity contribution is 6.30. The number of aromatic nitrogens is 2. The fraction of sp³-hybridized carbons (Fsp3) is 0.769. The van der Waals surface area contributed by atoms with Gasteiger partial charge in [0.25, 0.3) is 0 Å². The predicted octanol–water partition coefficient (Wildman–Crippen LogP) is 2.92. The van der Waals surface area contributed by atoms with Gasteiger partial charge < -0.3 is 15.0 Å². The van der Waals surface area contributed by atoms with E-state index in [9.17, 15) is 0 Å². The Bertz CT molecular complexity index is 363. The van der Waals surface area contributed by atoms with Crippen LogP contribution in [0.1, 0.15) is 45.1 Å². The first kappa shape index (κ1) is 15.5. The standard InChI is InChI=1S/C13H24ClN3O/c1-5-6-7-11-16-10(12(14)17-11)8-15-13(2,3)9-18-4/h15H,5-9H2,1-4H3,(H,16,17). The number of methoxy groups -OCH3 is 1. The number of aryl methyl sites for hydroxylation is 1. The van der Waals surface area contributed by atoms with Crippen LogP contribution in [0.25, 0.3) is 0 Å². The number of nitrogens with one attached hydrogen (secondary N) is 2. The van der Waals surface area contributed by atoms with Crippen LogP contribution in [0.3, 0.4) is 0 Å². The van der Waals surface area contributed by atoms with Gasteiger partial charge in [-0.25, -0.2) is 4.98 Å². The van der Waals surface area contributed by atoms with Crippen molar-refractivity contribution in [1.82, 2.24) is 15.3 Å². The molecule has 5 heteroatoms. The zero-order valence-electron chi connectivity index (χ0n) is 11.8. The third kappa shape index (κ3) is 4.96. The van der Waals surface area contributed by atoms with Crippen LogP contribution in [0.15, 0.2) is 0 Å². The minimum atomic E-state index is -0.0766. The number of imidazole rings is 1. The highest BCUT2D eigenvalue weighted by atomic mass is 35.5. The number of halogens is 1. The molecule has 0 atom stereocenters. The largest absolute Gasteiger partial charge is 0.383 e. The van der Waals surface area contributed by atoms with Crippen molar-refractivity contribution in [2.45, 2.75) is 52.1 Å². The highest BCUT2D eigenvalue weighted by Gasteiger charge is 2.18. The van der Waals surface area contributed by atoms with E-state index < -0.39 is 0 Å². The van der Waals surface area contributed by atoms with Gasteiger partial charge in [0.15, 0.2) is 5.15 Å². The number of hydrogen-bond acceptors (Lipinski definition) is 3. The van der Waals surface area contributed by atoms with Gasteiger partial charge in [-0.05, 0) is 20.3 Å². The Hall–Kier alpha value is -0.580. The van der Waals surface area contributed by atoms with Crippen LogP contribution in [0, 0.1) is 0 Å². The smallest absolute Gasteiger partial charge is 0.151 e. The lowest BCUT2D eigenvalue weighted by atomic mass is 10.1. The first-order chi connectivity index (χ1) is 8.48. The van der Waals surface area contributed by atoms with Crippen molar-refractivity contribution in [3.05, 3.63) is 16.7 Å². The molecule has 1 aromatic rings. The van der Waals surface area contributed by atoms with Crippen molar-refractivity contribution >= 4 is 11.6 Å². The number of rotatable bonds is 8. The van der Waals surface area contributed by atoms with E-state index in [4.69, 9.17) is 16.3 Å². The number of aromatic amines is 1. The molecule has 0 radical (unpaired) electrons. The second kappa shape index (κ2) is 7.12. The van der Waals surface area contributed by atoms with E-state index in [1.54, 1.807) is 7.11 Å². The molecule has 0 saturated carbocycles. The molecule has 1 heterocycles. The Labute approximate surface area is 114 Å². The van der Waals surface area contributed by atoms with Crippen molar-refractivity contribution in [1.29, 1.82) is 0 Å².